The van der Waals surface area contributed by atoms with Crippen LogP contribution >= 0.6 is 0 Å². The highest BCUT2D eigenvalue weighted by molar-refractivity contribution is 5.68. The number of nitrogens with one attached hydrogen (secondary N) is 1. The van der Waals surface area contributed by atoms with Crippen molar-refractivity contribution >= 4 is 6.09 Å². The molecule has 0 bridgehead atoms. The molecule has 1 atom stereocenters. The van der Waals surface area contributed by atoms with Gasteiger partial charge in [-0.25, -0.2) is 10.7 Å². The van der Waals surface area contributed by atoms with E-state index >= 15 is 0 Å². The summed E-state index contributed by atoms with van der Waals surface area (Å²) in [5.74, 6) is 4.84. The first-order valence-corrected chi connectivity index (χ1v) is 4.16. The number of carbonyl (C=O) groups excluding carboxylic acids is 1. The van der Waals surface area contributed by atoms with E-state index in [-0.39, 0.29) is 12.6 Å². The summed E-state index contributed by atoms with van der Waals surface area (Å²) in [7, 11) is 0. The molecule has 0 radical (unpaired) electrons. The van der Waals surface area contributed by atoms with Gasteiger partial charge in [0.1, 0.15) is 5.60 Å². The van der Waals surface area contributed by atoms with Gasteiger partial charge in [0.2, 0.25) is 0 Å². The summed E-state index contributed by atoms with van der Waals surface area (Å²) in [4.78, 5) is 15.5. The number of hydrogen-bond acceptors (Lipinski definition) is 4. The maximum absolute atomic E-state index is 11.1. The van der Waals surface area contributed by atoms with E-state index in [1.165, 1.54) is 0 Å². The predicted octanol–water partition coefficient (Wildman–Crippen LogP) is 0.790. The zero-order chi connectivity index (χ0) is 10.5. The Morgan fingerprint density at radius 1 is 1.54 bits per heavy atom. The maximum atomic E-state index is 11.1. The van der Waals surface area contributed by atoms with Gasteiger partial charge in [-0.3, -0.25) is 0 Å². The van der Waals surface area contributed by atoms with Crippen molar-refractivity contribution in [2.45, 2.75) is 39.3 Å². The van der Waals surface area contributed by atoms with Crippen molar-refractivity contribution in [1.82, 2.24) is 5.32 Å². The largest absolute Gasteiger partial charge is 0.444 e. The molecule has 0 aliphatic heterocycles. The lowest BCUT2D eigenvalue weighted by Gasteiger charge is -2.21. The molecule has 13 heavy (non-hydrogen) atoms. The molecule has 0 saturated heterocycles. The zero-order valence-electron chi connectivity index (χ0n) is 8.59. The summed E-state index contributed by atoms with van der Waals surface area (Å²) >= 11 is 0. The summed E-state index contributed by atoms with van der Waals surface area (Å²) < 4.78 is 5.01. The third-order valence-corrected chi connectivity index (χ3v) is 1.11. The van der Waals surface area contributed by atoms with Crippen molar-refractivity contribution in [3.8, 4) is 0 Å². The predicted molar refractivity (Wildman–Crippen MR) is 49.0 cm³/mol. The molecule has 0 aromatic carbocycles. The Kier molecular flexibility index (Phi) is 4.72. The van der Waals surface area contributed by atoms with Crippen molar-refractivity contribution in [3.05, 3.63) is 0 Å². The first-order chi connectivity index (χ1) is 5.85. The van der Waals surface area contributed by atoms with Crippen LogP contribution in [0.3, 0.4) is 0 Å². The van der Waals surface area contributed by atoms with E-state index in [4.69, 9.17) is 10.6 Å². The van der Waals surface area contributed by atoms with Crippen LogP contribution in [-0.2, 0) is 9.57 Å². The van der Waals surface area contributed by atoms with Crippen LogP contribution in [0.4, 0.5) is 4.79 Å². The van der Waals surface area contributed by atoms with E-state index in [9.17, 15) is 4.79 Å². The van der Waals surface area contributed by atoms with Gasteiger partial charge in [0.25, 0.3) is 0 Å². The second-order valence-electron chi connectivity index (χ2n) is 3.88. The summed E-state index contributed by atoms with van der Waals surface area (Å²) in [6, 6.07) is -0.153. The highest BCUT2D eigenvalue weighted by Gasteiger charge is 2.17. The van der Waals surface area contributed by atoms with Crippen molar-refractivity contribution in [2.75, 3.05) is 6.61 Å². The normalized spacial score (nSPS) is 13.6. The lowest BCUT2D eigenvalue weighted by molar-refractivity contribution is 0.0454. The summed E-state index contributed by atoms with van der Waals surface area (Å²) in [5.41, 5.74) is -0.479. The van der Waals surface area contributed by atoms with E-state index in [1.54, 1.807) is 27.7 Å². The van der Waals surface area contributed by atoms with Gasteiger partial charge in [-0.1, -0.05) is 0 Å². The minimum Gasteiger partial charge on any atom is -0.444 e. The number of alkyl carbamates (subject to hydrolysis) is 1. The fourth-order valence-electron chi connectivity index (χ4n) is 0.695. The van der Waals surface area contributed by atoms with Crippen molar-refractivity contribution < 1.29 is 14.4 Å². The minimum absolute atomic E-state index is 0.153. The molecule has 5 nitrogen and oxygen atoms in total. The van der Waals surface area contributed by atoms with Gasteiger partial charge in [0.05, 0.1) is 12.6 Å². The van der Waals surface area contributed by atoms with Gasteiger partial charge in [0.15, 0.2) is 0 Å². The van der Waals surface area contributed by atoms with Gasteiger partial charge in [0, 0.05) is 0 Å². The number of ether oxygens (including phenoxy) is 1. The quantitative estimate of drug-likeness (QED) is 0.645. The molecular weight excluding hydrogens is 172 g/mol. The van der Waals surface area contributed by atoms with E-state index in [0.29, 0.717) is 0 Å². The van der Waals surface area contributed by atoms with Crippen LogP contribution in [0, 0.1) is 0 Å². The SMILES string of the molecule is C[C@H](CON)NC(=O)OC(C)(C)C. The Labute approximate surface area is 78.5 Å². The standard InChI is InChI=1S/C8H18N2O3/c1-6(5-12-9)10-7(11)13-8(2,3)4/h6H,5,9H2,1-4H3,(H,10,11)/t6-/m1/s1. The first-order valence-electron chi connectivity index (χ1n) is 4.16. The monoisotopic (exact) mass is 190 g/mol. The zero-order valence-corrected chi connectivity index (χ0v) is 8.59. The molecule has 0 heterocycles. The highest BCUT2D eigenvalue weighted by atomic mass is 16.6. The van der Waals surface area contributed by atoms with Crippen LogP contribution in [0.25, 0.3) is 0 Å². The van der Waals surface area contributed by atoms with Crippen molar-refractivity contribution in [2.24, 2.45) is 5.90 Å². The van der Waals surface area contributed by atoms with Gasteiger partial charge in [-0.2, -0.15) is 0 Å². The fourth-order valence-corrected chi connectivity index (χ4v) is 0.695. The average Bonchev–Trinajstić information content (AvgIpc) is 1.81. The first kappa shape index (κ1) is 12.2. The minimum atomic E-state index is -0.479. The van der Waals surface area contributed by atoms with Gasteiger partial charge < -0.3 is 14.9 Å². The smallest absolute Gasteiger partial charge is 0.407 e. The highest BCUT2D eigenvalue weighted by Crippen LogP contribution is 2.06. The average molecular weight is 190 g/mol. The summed E-state index contributed by atoms with van der Waals surface area (Å²) in [5, 5.41) is 2.57. The molecule has 0 spiro atoms. The third-order valence-electron chi connectivity index (χ3n) is 1.11. The molecular formula is C8H18N2O3. The fraction of sp³-hybridized carbons (Fsp3) is 0.875. The Bertz CT molecular complexity index is 165. The molecule has 5 heteroatoms. The lowest BCUT2D eigenvalue weighted by Crippen LogP contribution is -2.40. The molecule has 0 fully saturated rings. The summed E-state index contributed by atoms with van der Waals surface area (Å²) in [6.07, 6.45) is -0.461. The molecule has 0 aromatic heterocycles. The molecule has 0 aromatic rings. The molecule has 3 N–H and O–H groups in total. The number of carbonyl (C=O) groups is 1. The van der Waals surface area contributed by atoms with Crippen LogP contribution < -0.4 is 11.2 Å². The molecule has 0 rings (SSSR count). The van der Waals surface area contributed by atoms with Crippen LogP contribution in [0.1, 0.15) is 27.7 Å². The number of amides is 1. The van der Waals surface area contributed by atoms with Crippen LogP contribution in [0.15, 0.2) is 0 Å². The van der Waals surface area contributed by atoms with Gasteiger partial charge >= 0.3 is 6.09 Å². The molecule has 0 aliphatic carbocycles. The lowest BCUT2D eigenvalue weighted by atomic mass is 10.2. The van der Waals surface area contributed by atoms with Crippen LogP contribution in [-0.4, -0.2) is 24.3 Å². The van der Waals surface area contributed by atoms with E-state index in [2.05, 4.69) is 10.2 Å². The topological polar surface area (TPSA) is 73.6 Å². The van der Waals surface area contributed by atoms with E-state index < -0.39 is 11.7 Å². The van der Waals surface area contributed by atoms with Gasteiger partial charge in [-0.05, 0) is 27.7 Å². The second kappa shape index (κ2) is 5.04. The van der Waals surface area contributed by atoms with Crippen LogP contribution in [0.5, 0.6) is 0 Å². The third kappa shape index (κ3) is 7.55. The van der Waals surface area contributed by atoms with Crippen LogP contribution in [0.2, 0.25) is 0 Å². The molecule has 0 saturated carbocycles. The number of hydrogen-bond donors (Lipinski definition) is 2. The number of rotatable bonds is 3. The van der Waals surface area contributed by atoms with Crippen molar-refractivity contribution in [3.63, 3.8) is 0 Å². The van der Waals surface area contributed by atoms with E-state index in [1.807, 2.05) is 0 Å². The molecule has 0 unspecified atom stereocenters. The molecule has 78 valence electrons. The van der Waals surface area contributed by atoms with Crippen molar-refractivity contribution in [1.29, 1.82) is 0 Å². The van der Waals surface area contributed by atoms with Gasteiger partial charge in [-0.15, -0.1) is 0 Å². The van der Waals surface area contributed by atoms with E-state index in [0.717, 1.165) is 0 Å². The Morgan fingerprint density at radius 3 is 2.46 bits per heavy atom. The number of nitrogens with two attached hydrogens (primary N) is 1. The molecule has 0 aliphatic rings. The molecule has 1 amide bonds. The Balaban J connectivity index is 3.74. The Morgan fingerprint density at radius 2 is 2.08 bits per heavy atom. The second-order valence-corrected chi connectivity index (χ2v) is 3.88. The maximum Gasteiger partial charge on any atom is 0.407 e. The Hall–Kier alpha value is -0.810. The summed E-state index contributed by atoms with van der Waals surface area (Å²) in [6.45, 7) is 7.44.